The maximum absolute atomic E-state index is 5.44. The van der Waals surface area contributed by atoms with E-state index < -0.39 is 0 Å². The average molecular weight is 411 g/mol. The van der Waals surface area contributed by atoms with Crippen molar-refractivity contribution in [3.05, 3.63) is 0 Å². The molecule has 0 radical (unpaired) electrons. The fraction of sp³-hybridized carbons (Fsp3) is 1.00. The van der Waals surface area contributed by atoms with Crippen LogP contribution in [-0.2, 0) is 9.47 Å². The summed E-state index contributed by atoms with van der Waals surface area (Å²) in [5, 5.41) is 0. The zero-order valence-electron chi connectivity index (χ0n) is 20.4. The van der Waals surface area contributed by atoms with Gasteiger partial charge in [0, 0.05) is 19.3 Å². The molecule has 0 aromatic rings. The summed E-state index contributed by atoms with van der Waals surface area (Å²) in [6, 6.07) is 1.52. The maximum atomic E-state index is 5.44. The Labute approximate surface area is 181 Å². The minimum atomic E-state index is 0.694. The standard InChI is InChI=1S/C14H27NO.C11H23NO/c1-3-12(2)13-4-8-15(9-5-13)14-6-10-16-11-7-14;1-9(2)10(3)5-6-12(4)11-7-13-8-11/h12-14H,3-11H2,1-2H3;9-11H,5-8H2,1-4H3. The van der Waals surface area contributed by atoms with Crippen molar-refractivity contribution >= 4 is 0 Å². The summed E-state index contributed by atoms with van der Waals surface area (Å²) in [6.45, 7) is 19.4. The van der Waals surface area contributed by atoms with Crippen LogP contribution in [0.1, 0.15) is 73.1 Å². The molecule has 4 nitrogen and oxygen atoms in total. The molecule has 2 unspecified atom stereocenters. The van der Waals surface area contributed by atoms with E-state index in [4.69, 9.17) is 9.47 Å². The molecule has 0 aromatic carbocycles. The molecule has 0 aliphatic carbocycles. The third-order valence-corrected chi connectivity index (χ3v) is 8.05. The molecule has 2 atom stereocenters. The Morgan fingerprint density at radius 3 is 2.03 bits per heavy atom. The van der Waals surface area contributed by atoms with Crippen LogP contribution in [0.15, 0.2) is 0 Å². The van der Waals surface area contributed by atoms with Gasteiger partial charge in [-0.3, -0.25) is 4.90 Å². The SMILES string of the molecule is CC(C)C(C)CCN(C)C1COC1.CCC(C)C1CCN(C2CCOCC2)CC1. The van der Waals surface area contributed by atoms with E-state index in [-0.39, 0.29) is 0 Å². The van der Waals surface area contributed by atoms with Gasteiger partial charge in [0.2, 0.25) is 0 Å². The van der Waals surface area contributed by atoms with Gasteiger partial charge in [-0.25, -0.2) is 0 Å². The van der Waals surface area contributed by atoms with Gasteiger partial charge in [0.15, 0.2) is 0 Å². The van der Waals surface area contributed by atoms with Crippen molar-refractivity contribution in [1.29, 1.82) is 0 Å². The van der Waals surface area contributed by atoms with Crippen molar-refractivity contribution in [3.63, 3.8) is 0 Å². The number of rotatable bonds is 8. The summed E-state index contributed by atoms with van der Waals surface area (Å²) in [4.78, 5) is 5.16. The first-order chi connectivity index (χ1) is 13.9. The Balaban J connectivity index is 0.000000212. The van der Waals surface area contributed by atoms with Crippen molar-refractivity contribution in [2.75, 3.05) is 53.1 Å². The van der Waals surface area contributed by atoms with E-state index in [2.05, 4.69) is 51.5 Å². The lowest BCUT2D eigenvalue weighted by Crippen LogP contribution is -2.47. The van der Waals surface area contributed by atoms with Gasteiger partial charge in [-0.15, -0.1) is 0 Å². The van der Waals surface area contributed by atoms with Crippen molar-refractivity contribution in [3.8, 4) is 0 Å². The minimum Gasteiger partial charge on any atom is -0.381 e. The predicted octanol–water partition coefficient (Wildman–Crippen LogP) is 4.92. The van der Waals surface area contributed by atoms with E-state index in [1.165, 1.54) is 58.2 Å². The molecule has 0 bridgehead atoms. The number of hydrogen-bond acceptors (Lipinski definition) is 4. The smallest absolute Gasteiger partial charge is 0.0645 e. The number of ether oxygens (including phenoxy) is 2. The van der Waals surface area contributed by atoms with Crippen LogP contribution in [-0.4, -0.2) is 75.0 Å². The second-order valence-electron chi connectivity index (χ2n) is 10.3. The first-order valence-electron chi connectivity index (χ1n) is 12.5. The molecule has 0 spiro atoms. The zero-order chi connectivity index (χ0) is 21.2. The molecule has 0 N–H and O–H groups in total. The molecular formula is C25H50N2O2. The largest absolute Gasteiger partial charge is 0.381 e. The number of piperidine rings is 1. The summed E-state index contributed by atoms with van der Waals surface area (Å²) >= 11 is 0. The Morgan fingerprint density at radius 1 is 0.931 bits per heavy atom. The topological polar surface area (TPSA) is 24.9 Å². The molecule has 3 heterocycles. The van der Waals surface area contributed by atoms with Gasteiger partial charge in [-0.05, 0) is 82.5 Å². The predicted molar refractivity (Wildman–Crippen MR) is 123 cm³/mol. The Morgan fingerprint density at radius 2 is 1.55 bits per heavy atom. The van der Waals surface area contributed by atoms with Crippen LogP contribution in [0.4, 0.5) is 0 Å². The highest BCUT2D eigenvalue weighted by molar-refractivity contribution is 4.81. The lowest BCUT2D eigenvalue weighted by Gasteiger charge is -2.40. The normalized spacial score (nSPS) is 24.8. The van der Waals surface area contributed by atoms with E-state index in [0.717, 1.165) is 56.1 Å². The molecular weight excluding hydrogens is 360 g/mol. The summed E-state index contributed by atoms with van der Waals surface area (Å²) < 4.78 is 10.6. The Hall–Kier alpha value is -0.160. The summed E-state index contributed by atoms with van der Waals surface area (Å²) in [6.07, 6.45) is 8.02. The van der Waals surface area contributed by atoms with Crippen molar-refractivity contribution in [2.45, 2.75) is 85.2 Å². The van der Waals surface area contributed by atoms with Gasteiger partial charge in [0.25, 0.3) is 0 Å². The highest BCUT2D eigenvalue weighted by atomic mass is 16.5. The molecule has 3 fully saturated rings. The fourth-order valence-electron chi connectivity index (χ4n) is 4.64. The van der Waals surface area contributed by atoms with Crippen LogP contribution in [0, 0.1) is 23.7 Å². The fourth-order valence-corrected chi connectivity index (χ4v) is 4.64. The molecule has 3 rings (SSSR count). The van der Waals surface area contributed by atoms with Crippen LogP contribution in [0.2, 0.25) is 0 Å². The quantitative estimate of drug-likeness (QED) is 0.567. The van der Waals surface area contributed by atoms with Gasteiger partial charge in [-0.2, -0.15) is 0 Å². The summed E-state index contributed by atoms with van der Waals surface area (Å²) in [5.74, 6) is 3.56. The van der Waals surface area contributed by atoms with Gasteiger partial charge >= 0.3 is 0 Å². The molecule has 3 aliphatic rings. The lowest BCUT2D eigenvalue weighted by atomic mass is 9.83. The minimum absolute atomic E-state index is 0.694. The average Bonchev–Trinajstić information content (AvgIpc) is 2.71. The maximum Gasteiger partial charge on any atom is 0.0645 e. The van der Waals surface area contributed by atoms with E-state index in [1.54, 1.807) is 0 Å². The molecule has 0 aromatic heterocycles. The summed E-state index contributed by atoms with van der Waals surface area (Å²) in [7, 11) is 2.21. The Bertz CT molecular complexity index is 413. The van der Waals surface area contributed by atoms with Crippen LogP contribution < -0.4 is 0 Å². The second kappa shape index (κ2) is 13.3. The van der Waals surface area contributed by atoms with E-state index in [0.29, 0.717) is 6.04 Å². The van der Waals surface area contributed by atoms with Crippen LogP contribution in [0.25, 0.3) is 0 Å². The number of likely N-dealkylation sites (N-methyl/N-ethyl adjacent to an activating group) is 1. The summed E-state index contributed by atoms with van der Waals surface area (Å²) in [5.41, 5.74) is 0. The van der Waals surface area contributed by atoms with E-state index >= 15 is 0 Å². The third-order valence-electron chi connectivity index (χ3n) is 8.05. The van der Waals surface area contributed by atoms with Gasteiger partial charge in [0.05, 0.1) is 19.3 Å². The molecule has 0 saturated carbocycles. The monoisotopic (exact) mass is 410 g/mol. The molecule has 3 saturated heterocycles. The first-order valence-corrected chi connectivity index (χ1v) is 12.5. The molecule has 0 amide bonds. The molecule has 172 valence electrons. The lowest BCUT2D eigenvalue weighted by molar-refractivity contribution is -0.0572. The van der Waals surface area contributed by atoms with Crippen LogP contribution in [0.5, 0.6) is 0 Å². The van der Waals surface area contributed by atoms with E-state index in [1.807, 2.05) is 0 Å². The van der Waals surface area contributed by atoms with Crippen molar-refractivity contribution in [2.24, 2.45) is 23.7 Å². The first kappa shape index (κ1) is 25.1. The third kappa shape index (κ3) is 8.47. The number of likely N-dealkylation sites (tertiary alicyclic amines) is 1. The molecule has 4 heteroatoms. The zero-order valence-corrected chi connectivity index (χ0v) is 20.4. The second-order valence-corrected chi connectivity index (χ2v) is 10.3. The number of nitrogens with zero attached hydrogens (tertiary/aromatic N) is 2. The highest BCUT2D eigenvalue weighted by Crippen LogP contribution is 2.29. The molecule has 3 aliphatic heterocycles. The number of hydrogen-bond donors (Lipinski definition) is 0. The van der Waals surface area contributed by atoms with E-state index in [9.17, 15) is 0 Å². The van der Waals surface area contributed by atoms with Gasteiger partial charge in [0.1, 0.15) is 0 Å². The van der Waals surface area contributed by atoms with Crippen LogP contribution >= 0.6 is 0 Å². The van der Waals surface area contributed by atoms with Crippen molar-refractivity contribution in [1.82, 2.24) is 9.80 Å². The van der Waals surface area contributed by atoms with Crippen LogP contribution in [0.3, 0.4) is 0 Å². The van der Waals surface area contributed by atoms with Crippen molar-refractivity contribution < 1.29 is 9.47 Å². The Kier molecular flexibility index (Phi) is 11.5. The highest BCUT2D eigenvalue weighted by Gasteiger charge is 2.28. The molecule has 29 heavy (non-hydrogen) atoms. The van der Waals surface area contributed by atoms with Gasteiger partial charge < -0.3 is 14.4 Å². The van der Waals surface area contributed by atoms with Gasteiger partial charge in [-0.1, -0.05) is 41.0 Å².